The van der Waals surface area contributed by atoms with Crippen LogP contribution in [0.4, 0.5) is 5.82 Å². The van der Waals surface area contributed by atoms with E-state index in [1.165, 1.54) is 6.33 Å². The van der Waals surface area contributed by atoms with Crippen LogP contribution in [0.2, 0.25) is 0 Å². The van der Waals surface area contributed by atoms with E-state index < -0.39 is 43.2 Å². The molecule has 3 aliphatic rings. The second-order valence-corrected chi connectivity index (χ2v) is 11.1. The first kappa shape index (κ1) is 22.7. The second kappa shape index (κ2) is 7.44. The quantitative estimate of drug-likeness (QED) is 0.459. The number of rotatable bonds is 7. The molecule has 180 valence electrons. The maximum atomic E-state index is 13.2. The van der Waals surface area contributed by atoms with Gasteiger partial charge in [0.15, 0.2) is 11.5 Å². The predicted octanol–water partition coefficient (Wildman–Crippen LogP) is 2.60. The number of aromatic nitrogens is 4. The van der Waals surface area contributed by atoms with Crippen molar-refractivity contribution < 1.29 is 32.4 Å². The van der Waals surface area contributed by atoms with Gasteiger partial charge in [-0.15, -0.1) is 0 Å². The Labute approximate surface area is 190 Å². The monoisotopic (exact) mass is 481 g/mol. The second-order valence-electron chi connectivity index (χ2n) is 9.58. The summed E-state index contributed by atoms with van der Waals surface area (Å²) in [5, 5.41) is 0. The maximum absolute atomic E-state index is 13.2. The average Bonchev–Trinajstić information content (AvgIpc) is 3.04. The van der Waals surface area contributed by atoms with E-state index in [0.29, 0.717) is 17.6 Å². The molecule has 1 spiro atoms. The van der Waals surface area contributed by atoms with E-state index in [9.17, 15) is 9.36 Å². The lowest BCUT2D eigenvalue weighted by Gasteiger charge is -2.33. The summed E-state index contributed by atoms with van der Waals surface area (Å²) in [4.78, 5) is 24.5. The van der Waals surface area contributed by atoms with E-state index in [1.54, 1.807) is 31.7 Å². The number of phosphoric ester groups is 1. The van der Waals surface area contributed by atoms with Crippen molar-refractivity contribution in [3.05, 3.63) is 12.7 Å². The van der Waals surface area contributed by atoms with Crippen LogP contribution in [0.25, 0.3) is 11.2 Å². The fourth-order valence-electron chi connectivity index (χ4n) is 4.73. The number of imidazole rings is 1. The molecule has 5 rings (SSSR count). The molecule has 4 heterocycles. The molecular weight excluding hydrogens is 453 g/mol. The third-order valence-electron chi connectivity index (χ3n) is 6.61. The van der Waals surface area contributed by atoms with Gasteiger partial charge in [0, 0.05) is 5.41 Å². The van der Waals surface area contributed by atoms with Crippen LogP contribution in [0.1, 0.15) is 47.3 Å². The summed E-state index contributed by atoms with van der Waals surface area (Å²) < 4.78 is 43.6. The van der Waals surface area contributed by atoms with Gasteiger partial charge in [0.25, 0.3) is 0 Å². The Bertz CT molecular complexity index is 1150. The Hall–Kier alpha value is -2.11. The van der Waals surface area contributed by atoms with Crippen molar-refractivity contribution in [2.45, 2.75) is 71.2 Å². The molecule has 2 aromatic heterocycles. The van der Waals surface area contributed by atoms with Crippen LogP contribution < -0.4 is 5.73 Å². The van der Waals surface area contributed by atoms with Crippen molar-refractivity contribution >= 4 is 30.8 Å². The molecule has 6 atom stereocenters. The standard InChI is InChI=1S/C20H28N5O7P/c1-10(2)29-17(26)11(3)6-7-28-33(27)31-14-13-20(14,32-33)19(4,5)18(30-13)25-9-24-12-15(21)22-8-23-16(12)25/h8-11,13-14,18H,6-7H2,1-5H3,(H2,21,22,23)/t11-,13+,14?,18+,20+,33-/m0/s1. The summed E-state index contributed by atoms with van der Waals surface area (Å²) in [6, 6.07) is 0. The average molecular weight is 481 g/mol. The molecule has 13 heteroatoms. The van der Waals surface area contributed by atoms with Crippen LogP contribution >= 0.6 is 7.82 Å². The molecule has 3 fully saturated rings. The lowest BCUT2D eigenvalue weighted by molar-refractivity contribution is -0.152. The Morgan fingerprint density at radius 3 is 2.76 bits per heavy atom. The lowest BCUT2D eigenvalue weighted by atomic mass is 9.83. The number of ether oxygens (including phenoxy) is 2. The number of carbonyl (C=O) groups is 1. The number of nitrogens with two attached hydrogens (primary N) is 1. The zero-order valence-electron chi connectivity index (χ0n) is 19.1. The molecule has 1 saturated carbocycles. The maximum Gasteiger partial charge on any atom is 0.476 e. The number of anilines is 1. The van der Waals surface area contributed by atoms with Crippen molar-refractivity contribution in [2.75, 3.05) is 12.3 Å². The number of carbonyl (C=O) groups excluding carboxylic acids is 1. The van der Waals surface area contributed by atoms with Crippen molar-refractivity contribution in [1.82, 2.24) is 19.5 Å². The summed E-state index contributed by atoms with van der Waals surface area (Å²) >= 11 is 0. The van der Waals surface area contributed by atoms with E-state index in [4.69, 9.17) is 28.8 Å². The van der Waals surface area contributed by atoms with Crippen LogP contribution in [0.5, 0.6) is 0 Å². The zero-order chi connectivity index (χ0) is 23.8. The van der Waals surface area contributed by atoms with Crippen molar-refractivity contribution in [3.63, 3.8) is 0 Å². The molecular formula is C20H28N5O7P. The number of phosphoric acid groups is 1. The topological polar surface area (TPSA) is 150 Å². The van der Waals surface area contributed by atoms with Gasteiger partial charge in [-0.2, -0.15) is 0 Å². The molecule has 2 aromatic rings. The third-order valence-corrected chi connectivity index (χ3v) is 8.12. The summed E-state index contributed by atoms with van der Waals surface area (Å²) in [5.74, 6) is -0.450. The minimum absolute atomic E-state index is 0.0339. The molecule has 0 radical (unpaired) electrons. The van der Waals surface area contributed by atoms with Gasteiger partial charge in [0.2, 0.25) is 0 Å². The molecule has 2 aliphatic heterocycles. The molecule has 12 nitrogen and oxygen atoms in total. The number of nitrogen functional groups attached to an aromatic ring is 1. The molecule has 33 heavy (non-hydrogen) atoms. The van der Waals surface area contributed by atoms with Gasteiger partial charge >= 0.3 is 13.8 Å². The Morgan fingerprint density at radius 2 is 2.03 bits per heavy atom. The van der Waals surface area contributed by atoms with E-state index in [1.807, 2.05) is 13.8 Å². The summed E-state index contributed by atoms with van der Waals surface area (Å²) in [6.45, 7) is 9.25. The largest absolute Gasteiger partial charge is 0.476 e. The molecule has 2 saturated heterocycles. The minimum Gasteiger partial charge on any atom is -0.463 e. The van der Waals surface area contributed by atoms with Crippen molar-refractivity contribution in [1.29, 1.82) is 0 Å². The molecule has 2 N–H and O–H groups in total. The van der Waals surface area contributed by atoms with Gasteiger partial charge in [-0.05, 0) is 20.3 Å². The lowest BCUT2D eigenvalue weighted by Crippen LogP contribution is -2.39. The van der Waals surface area contributed by atoms with Crippen LogP contribution in [0.3, 0.4) is 0 Å². The summed E-state index contributed by atoms with van der Waals surface area (Å²) in [7, 11) is -3.81. The number of nitrogens with zero attached hydrogens (tertiary/aromatic N) is 4. The molecule has 0 aromatic carbocycles. The Morgan fingerprint density at radius 1 is 1.27 bits per heavy atom. The fourth-order valence-corrected chi connectivity index (χ4v) is 6.58. The van der Waals surface area contributed by atoms with E-state index in [0.717, 1.165) is 0 Å². The van der Waals surface area contributed by atoms with Gasteiger partial charge in [-0.3, -0.25) is 22.9 Å². The number of hydrogen-bond acceptors (Lipinski definition) is 11. The van der Waals surface area contributed by atoms with Crippen LogP contribution in [0.15, 0.2) is 12.7 Å². The fraction of sp³-hybridized carbons (Fsp3) is 0.700. The van der Waals surface area contributed by atoms with E-state index >= 15 is 0 Å². The first-order chi connectivity index (χ1) is 15.5. The van der Waals surface area contributed by atoms with Gasteiger partial charge in [-0.1, -0.05) is 20.8 Å². The normalized spacial score (nSPS) is 34.9. The molecule has 1 unspecified atom stereocenters. The highest BCUT2D eigenvalue weighted by molar-refractivity contribution is 7.48. The van der Waals surface area contributed by atoms with E-state index in [2.05, 4.69) is 15.0 Å². The van der Waals surface area contributed by atoms with Gasteiger partial charge < -0.3 is 15.2 Å². The van der Waals surface area contributed by atoms with Gasteiger partial charge in [0.1, 0.15) is 35.9 Å². The SMILES string of the molecule is CC(C)OC(=O)[C@@H](C)CCO[P@@]1(=O)OC2[C@H]3O[C@@H](n4cnc5c(N)ncnc54)C(C)(C)[C@]23O1. The van der Waals surface area contributed by atoms with Crippen molar-refractivity contribution in [2.24, 2.45) is 11.3 Å². The van der Waals surface area contributed by atoms with Crippen molar-refractivity contribution in [3.8, 4) is 0 Å². The minimum atomic E-state index is -3.81. The number of hydrogen-bond donors (Lipinski definition) is 1. The first-order valence-corrected chi connectivity index (χ1v) is 12.4. The predicted molar refractivity (Wildman–Crippen MR) is 115 cm³/mol. The Kier molecular flexibility index (Phi) is 5.11. The third kappa shape index (κ3) is 3.30. The summed E-state index contributed by atoms with van der Waals surface area (Å²) in [6.07, 6.45) is 1.69. The van der Waals surface area contributed by atoms with Crippen LogP contribution in [0, 0.1) is 11.3 Å². The number of fused-ring (bicyclic) bond motifs is 2. The highest BCUT2D eigenvalue weighted by atomic mass is 31.2. The molecule has 0 bridgehead atoms. The molecule has 1 aliphatic carbocycles. The highest BCUT2D eigenvalue weighted by Gasteiger charge is 2.89. The first-order valence-electron chi connectivity index (χ1n) is 10.9. The Balaban J connectivity index is 1.28. The molecule has 0 amide bonds. The smallest absolute Gasteiger partial charge is 0.463 e. The van der Waals surface area contributed by atoms with Gasteiger partial charge in [0.05, 0.1) is 25.0 Å². The zero-order valence-corrected chi connectivity index (χ0v) is 20.0. The van der Waals surface area contributed by atoms with Gasteiger partial charge in [-0.25, -0.2) is 19.5 Å². The number of esters is 1. The van der Waals surface area contributed by atoms with E-state index in [-0.39, 0.29) is 24.5 Å². The van der Waals surface area contributed by atoms with Crippen LogP contribution in [-0.2, 0) is 32.4 Å². The van der Waals surface area contributed by atoms with Crippen LogP contribution in [-0.4, -0.2) is 56.0 Å². The highest BCUT2D eigenvalue weighted by Crippen LogP contribution is 2.80. The summed E-state index contributed by atoms with van der Waals surface area (Å²) in [5.41, 5.74) is 5.35.